The molecule has 5 nitrogen and oxygen atoms in total. The molecular formula is C24H29N3O2S. The van der Waals surface area contributed by atoms with Crippen LogP contribution < -0.4 is 4.90 Å². The van der Waals surface area contributed by atoms with E-state index in [1.807, 2.05) is 43.3 Å². The summed E-state index contributed by atoms with van der Waals surface area (Å²) in [6, 6.07) is 18.1. The molecule has 0 unspecified atom stereocenters. The van der Waals surface area contributed by atoms with Gasteiger partial charge in [-0.1, -0.05) is 30.3 Å². The third-order valence-electron chi connectivity index (χ3n) is 4.85. The van der Waals surface area contributed by atoms with E-state index < -0.39 is 0 Å². The zero-order valence-corrected chi connectivity index (χ0v) is 18.7. The number of carbonyl (C=O) groups excluding carboxylic acids is 1. The van der Waals surface area contributed by atoms with Crippen LogP contribution in [0.5, 0.6) is 0 Å². The molecule has 3 rings (SSSR count). The second kappa shape index (κ2) is 11.0. The molecule has 1 aliphatic rings. The molecule has 0 N–H and O–H groups in total. The molecule has 30 heavy (non-hydrogen) atoms. The van der Waals surface area contributed by atoms with E-state index in [0.717, 1.165) is 24.3 Å². The number of para-hydroxylation sites is 1. The number of amidine groups is 1. The third kappa shape index (κ3) is 5.52. The predicted octanol–water partition coefficient (Wildman–Crippen LogP) is 5.17. The summed E-state index contributed by atoms with van der Waals surface area (Å²) >= 11 is 1.42. The quantitative estimate of drug-likeness (QED) is 0.412. The van der Waals surface area contributed by atoms with Gasteiger partial charge in [-0.2, -0.15) is 0 Å². The monoisotopic (exact) mass is 423 g/mol. The Labute approximate surface area is 183 Å². The number of hydrogen-bond acceptors (Lipinski definition) is 5. The SMILES string of the molecule is CCOCCN1C(=O)/C(=C/c2ccc(N(CC)CC)cc2)SC1=Nc1ccccc1. The van der Waals surface area contributed by atoms with Gasteiger partial charge in [0.1, 0.15) is 0 Å². The Morgan fingerprint density at radius 3 is 2.37 bits per heavy atom. The lowest BCUT2D eigenvalue weighted by atomic mass is 10.1. The molecular weight excluding hydrogens is 394 g/mol. The molecule has 0 aromatic heterocycles. The summed E-state index contributed by atoms with van der Waals surface area (Å²) < 4.78 is 5.47. The molecule has 1 saturated heterocycles. The van der Waals surface area contributed by atoms with E-state index in [2.05, 4.69) is 43.0 Å². The Morgan fingerprint density at radius 1 is 1.03 bits per heavy atom. The molecule has 1 fully saturated rings. The average molecular weight is 424 g/mol. The van der Waals surface area contributed by atoms with E-state index in [1.54, 1.807) is 4.90 Å². The van der Waals surface area contributed by atoms with Crippen LogP contribution in [-0.2, 0) is 9.53 Å². The fraction of sp³-hybridized carbons (Fsp3) is 0.333. The predicted molar refractivity (Wildman–Crippen MR) is 127 cm³/mol. The first-order valence-corrected chi connectivity index (χ1v) is 11.3. The first-order chi connectivity index (χ1) is 14.7. The molecule has 0 spiro atoms. The Kier molecular flexibility index (Phi) is 8.11. The largest absolute Gasteiger partial charge is 0.380 e. The summed E-state index contributed by atoms with van der Waals surface area (Å²) in [5.74, 6) is -0.0257. The van der Waals surface area contributed by atoms with E-state index >= 15 is 0 Å². The van der Waals surface area contributed by atoms with Gasteiger partial charge in [-0.15, -0.1) is 0 Å². The number of amides is 1. The van der Waals surface area contributed by atoms with Crippen molar-refractivity contribution in [3.05, 3.63) is 65.1 Å². The lowest BCUT2D eigenvalue weighted by Gasteiger charge is -2.20. The van der Waals surface area contributed by atoms with Crippen LogP contribution in [0.25, 0.3) is 6.08 Å². The van der Waals surface area contributed by atoms with Crippen molar-refractivity contribution in [2.24, 2.45) is 4.99 Å². The highest BCUT2D eigenvalue weighted by Crippen LogP contribution is 2.34. The minimum absolute atomic E-state index is 0.0257. The van der Waals surface area contributed by atoms with Crippen LogP contribution in [0.15, 0.2) is 64.5 Å². The molecule has 6 heteroatoms. The number of hydrogen-bond donors (Lipinski definition) is 0. The van der Waals surface area contributed by atoms with Crippen molar-refractivity contribution in [1.29, 1.82) is 0 Å². The lowest BCUT2D eigenvalue weighted by Crippen LogP contribution is -2.32. The first-order valence-electron chi connectivity index (χ1n) is 10.4. The number of rotatable bonds is 9. The molecule has 1 amide bonds. The number of nitrogens with zero attached hydrogens (tertiary/aromatic N) is 3. The zero-order chi connectivity index (χ0) is 21.3. The van der Waals surface area contributed by atoms with Crippen molar-refractivity contribution in [2.75, 3.05) is 37.7 Å². The maximum absolute atomic E-state index is 13.1. The lowest BCUT2D eigenvalue weighted by molar-refractivity contribution is -0.122. The fourth-order valence-electron chi connectivity index (χ4n) is 3.22. The van der Waals surface area contributed by atoms with Crippen LogP contribution in [0.3, 0.4) is 0 Å². The molecule has 1 aliphatic heterocycles. The van der Waals surface area contributed by atoms with Crippen LogP contribution in [0.4, 0.5) is 11.4 Å². The van der Waals surface area contributed by atoms with Crippen molar-refractivity contribution in [3.8, 4) is 0 Å². The molecule has 2 aromatic rings. The second-order valence-electron chi connectivity index (χ2n) is 6.76. The molecule has 0 bridgehead atoms. The minimum Gasteiger partial charge on any atom is -0.380 e. The van der Waals surface area contributed by atoms with E-state index in [-0.39, 0.29) is 5.91 Å². The Hall–Kier alpha value is -2.57. The smallest absolute Gasteiger partial charge is 0.266 e. The number of anilines is 1. The van der Waals surface area contributed by atoms with Gasteiger partial charge in [0.05, 0.1) is 23.7 Å². The van der Waals surface area contributed by atoms with Gasteiger partial charge in [-0.3, -0.25) is 9.69 Å². The summed E-state index contributed by atoms with van der Waals surface area (Å²) in [5, 5.41) is 0.692. The highest BCUT2D eigenvalue weighted by molar-refractivity contribution is 8.18. The zero-order valence-electron chi connectivity index (χ0n) is 17.9. The number of aliphatic imine (C=N–C) groups is 1. The standard InChI is InChI=1S/C24H29N3O2S/c1-4-26(5-2)21-14-12-19(13-15-21)18-22-23(28)27(16-17-29-6-3)24(30-22)25-20-10-8-7-9-11-20/h7-15,18H,4-6,16-17H2,1-3H3/b22-18-,25-24?. The van der Waals surface area contributed by atoms with Crippen LogP contribution in [-0.4, -0.2) is 48.8 Å². The van der Waals surface area contributed by atoms with Gasteiger partial charge in [0.25, 0.3) is 5.91 Å². The first kappa shape index (κ1) is 22.1. The van der Waals surface area contributed by atoms with Crippen molar-refractivity contribution in [2.45, 2.75) is 20.8 Å². The van der Waals surface area contributed by atoms with Gasteiger partial charge in [0, 0.05) is 25.4 Å². The number of ether oxygens (including phenoxy) is 1. The van der Waals surface area contributed by atoms with Crippen LogP contribution in [0.1, 0.15) is 26.3 Å². The highest BCUT2D eigenvalue weighted by atomic mass is 32.2. The maximum atomic E-state index is 13.1. The van der Waals surface area contributed by atoms with E-state index in [0.29, 0.717) is 29.8 Å². The van der Waals surface area contributed by atoms with Gasteiger partial charge in [-0.05, 0) is 68.4 Å². The van der Waals surface area contributed by atoms with Crippen molar-refractivity contribution in [3.63, 3.8) is 0 Å². The normalized spacial score (nSPS) is 16.6. The molecule has 0 radical (unpaired) electrons. The number of thioether (sulfide) groups is 1. The molecule has 1 heterocycles. The van der Waals surface area contributed by atoms with Gasteiger partial charge in [0.15, 0.2) is 5.17 Å². The van der Waals surface area contributed by atoms with E-state index in [4.69, 9.17) is 9.73 Å². The molecule has 158 valence electrons. The van der Waals surface area contributed by atoms with E-state index in [9.17, 15) is 4.79 Å². The summed E-state index contributed by atoms with van der Waals surface area (Å²) in [6.07, 6.45) is 1.94. The molecule has 0 atom stereocenters. The third-order valence-corrected chi connectivity index (χ3v) is 5.86. The van der Waals surface area contributed by atoms with Gasteiger partial charge >= 0.3 is 0 Å². The van der Waals surface area contributed by atoms with Crippen LogP contribution in [0.2, 0.25) is 0 Å². The van der Waals surface area contributed by atoms with Gasteiger partial charge < -0.3 is 9.64 Å². The fourth-order valence-corrected chi connectivity index (χ4v) is 4.25. The number of benzene rings is 2. The second-order valence-corrected chi connectivity index (χ2v) is 7.77. The number of carbonyl (C=O) groups is 1. The molecule has 2 aromatic carbocycles. The van der Waals surface area contributed by atoms with Gasteiger partial charge in [-0.25, -0.2) is 4.99 Å². The average Bonchev–Trinajstić information content (AvgIpc) is 3.05. The summed E-state index contributed by atoms with van der Waals surface area (Å²) in [6.45, 7) is 9.80. The molecule has 0 saturated carbocycles. The van der Waals surface area contributed by atoms with Crippen molar-refractivity contribution in [1.82, 2.24) is 4.90 Å². The van der Waals surface area contributed by atoms with Crippen molar-refractivity contribution >= 4 is 40.3 Å². The topological polar surface area (TPSA) is 45.1 Å². The van der Waals surface area contributed by atoms with E-state index in [1.165, 1.54) is 17.4 Å². The highest BCUT2D eigenvalue weighted by Gasteiger charge is 2.33. The van der Waals surface area contributed by atoms with Crippen LogP contribution >= 0.6 is 11.8 Å². The molecule has 0 aliphatic carbocycles. The Morgan fingerprint density at radius 2 is 1.73 bits per heavy atom. The summed E-state index contributed by atoms with van der Waals surface area (Å²) in [4.78, 5) is 22.5. The Balaban J connectivity index is 1.84. The summed E-state index contributed by atoms with van der Waals surface area (Å²) in [7, 11) is 0. The van der Waals surface area contributed by atoms with Gasteiger partial charge in [0.2, 0.25) is 0 Å². The maximum Gasteiger partial charge on any atom is 0.266 e. The Bertz CT molecular complexity index is 890. The van der Waals surface area contributed by atoms with Crippen molar-refractivity contribution < 1.29 is 9.53 Å². The minimum atomic E-state index is -0.0257. The van der Waals surface area contributed by atoms with Crippen LogP contribution in [0, 0.1) is 0 Å². The summed E-state index contributed by atoms with van der Waals surface area (Å²) in [5.41, 5.74) is 3.03.